The van der Waals surface area contributed by atoms with Crippen LogP contribution in [0.3, 0.4) is 0 Å². The third kappa shape index (κ3) is 2.18. The predicted octanol–water partition coefficient (Wildman–Crippen LogP) is -0.516. The lowest BCUT2D eigenvalue weighted by atomic mass is 10.0. The first-order valence-corrected chi connectivity index (χ1v) is 6.13. The highest BCUT2D eigenvalue weighted by Crippen LogP contribution is 2.38. The topological polar surface area (TPSA) is 103 Å². The number of ether oxygens (including phenoxy) is 1. The van der Waals surface area contributed by atoms with E-state index in [1.165, 1.54) is 7.05 Å². The van der Waals surface area contributed by atoms with E-state index >= 15 is 0 Å². The second-order valence-electron chi connectivity index (χ2n) is 4.02. The summed E-state index contributed by atoms with van der Waals surface area (Å²) in [5.41, 5.74) is -0.725. The van der Waals surface area contributed by atoms with Crippen LogP contribution in [-0.2, 0) is 4.74 Å². The van der Waals surface area contributed by atoms with Crippen molar-refractivity contribution in [1.29, 1.82) is 0 Å². The minimum atomic E-state index is -1.69. The molecule has 1 saturated heterocycles. The van der Waals surface area contributed by atoms with Gasteiger partial charge in [-0.1, -0.05) is 11.8 Å². The summed E-state index contributed by atoms with van der Waals surface area (Å²) in [4.78, 5) is 15.5. The second-order valence-corrected chi connectivity index (χ2v) is 5.09. The maximum Gasteiger partial charge on any atom is 0.413 e. The van der Waals surface area contributed by atoms with Crippen LogP contribution in [-0.4, -0.2) is 75.0 Å². The van der Waals surface area contributed by atoms with Crippen molar-refractivity contribution in [3.8, 4) is 0 Å². The van der Waals surface area contributed by atoms with Gasteiger partial charge in [-0.05, 0) is 0 Å². The van der Waals surface area contributed by atoms with E-state index in [9.17, 15) is 14.3 Å². The Bertz CT molecular complexity index is 382. The first-order valence-electron chi connectivity index (χ1n) is 5.25. The van der Waals surface area contributed by atoms with Crippen molar-refractivity contribution in [2.24, 2.45) is 4.99 Å². The Morgan fingerprint density at radius 3 is 2.89 bits per heavy atom. The number of nitrogens with zero attached hydrogens (tertiary/aromatic N) is 2. The minimum absolute atomic E-state index is 0.117. The zero-order chi connectivity index (χ0) is 13.4. The molecule has 9 heteroatoms. The number of amides is 1. The van der Waals surface area contributed by atoms with Gasteiger partial charge in [-0.25, -0.2) is 9.18 Å². The fourth-order valence-corrected chi connectivity index (χ4v) is 2.96. The molecule has 1 fully saturated rings. The highest BCUT2D eigenvalue weighted by atomic mass is 32.2. The number of halogens is 1. The van der Waals surface area contributed by atoms with E-state index in [4.69, 9.17) is 14.9 Å². The first-order chi connectivity index (χ1) is 8.45. The zero-order valence-electron chi connectivity index (χ0n) is 9.43. The molecule has 18 heavy (non-hydrogen) atoms. The van der Waals surface area contributed by atoms with Crippen molar-refractivity contribution in [2.45, 2.75) is 29.9 Å². The van der Waals surface area contributed by atoms with Gasteiger partial charge in [0, 0.05) is 7.05 Å². The molecule has 0 bridgehead atoms. The monoisotopic (exact) mass is 280 g/mol. The molecule has 7 nitrogen and oxygen atoms in total. The van der Waals surface area contributed by atoms with E-state index in [0.717, 1.165) is 16.7 Å². The molecule has 2 aliphatic rings. The molecule has 1 amide bonds. The summed E-state index contributed by atoms with van der Waals surface area (Å²) in [6.45, 7) is -0.504. The number of hydrogen-bond donors (Lipinski definition) is 3. The molecule has 3 N–H and O–H groups in total. The zero-order valence-corrected chi connectivity index (χ0v) is 10.2. The van der Waals surface area contributed by atoms with Crippen LogP contribution in [0.25, 0.3) is 0 Å². The van der Waals surface area contributed by atoms with Gasteiger partial charge in [0.2, 0.25) is 0 Å². The van der Waals surface area contributed by atoms with Gasteiger partial charge in [0.1, 0.15) is 23.7 Å². The van der Waals surface area contributed by atoms with E-state index in [1.807, 2.05) is 0 Å². The van der Waals surface area contributed by atoms with Gasteiger partial charge >= 0.3 is 6.09 Å². The number of hydrogen-bond acceptors (Lipinski definition) is 6. The van der Waals surface area contributed by atoms with Crippen molar-refractivity contribution >= 4 is 23.0 Å². The standard InChI is InChI=1S/C9H13FN2O5S/c1-12(9(15)16)8-11-5-4(10)6(14)3(2-13)17-7(5)18-8/h3-7,13-14H,2H2,1H3,(H,15,16)/t3-,4+,5-,6-,7-/m1/s1. The summed E-state index contributed by atoms with van der Waals surface area (Å²) in [6, 6.07) is -0.954. The highest BCUT2D eigenvalue weighted by Gasteiger charge is 2.49. The fraction of sp³-hybridized carbons (Fsp3) is 0.778. The number of fused-ring (bicyclic) bond motifs is 1. The van der Waals surface area contributed by atoms with Gasteiger partial charge in [-0.3, -0.25) is 9.89 Å². The van der Waals surface area contributed by atoms with Crippen LogP contribution in [0.4, 0.5) is 9.18 Å². The highest BCUT2D eigenvalue weighted by molar-refractivity contribution is 8.14. The number of carboxylic acid groups (broad SMARTS) is 1. The smallest absolute Gasteiger partial charge is 0.413 e. The molecule has 102 valence electrons. The van der Waals surface area contributed by atoms with Crippen LogP contribution in [0.2, 0.25) is 0 Å². The number of alkyl halides is 1. The Hall–Kier alpha value is -0.900. The Labute approximate surface area is 106 Å². The van der Waals surface area contributed by atoms with Crippen LogP contribution >= 0.6 is 11.8 Å². The molecule has 0 unspecified atom stereocenters. The van der Waals surface area contributed by atoms with Crippen LogP contribution < -0.4 is 0 Å². The summed E-state index contributed by atoms with van der Waals surface area (Å²) in [5, 5.41) is 27.4. The molecule has 5 atom stereocenters. The number of rotatable bonds is 1. The maximum absolute atomic E-state index is 13.9. The van der Waals surface area contributed by atoms with Gasteiger partial charge in [0.25, 0.3) is 0 Å². The summed E-state index contributed by atoms with van der Waals surface area (Å²) < 4.78 is 19.2. The minimum Gasteiger partial charge on any atom is -0.465 e. The Balaban J connectivity index is 2.15. The molecule has 0 aliphatic carbocycles. The SMILES string of the molecule is CN(C(=O)O)C1=N[C@@H]2[C@H](F)[C@H](O)[C@@H](CO)O[C@@H]2S1. The number of amidine groups is 1. The number of carbonyl (C=O) groups is 1. The van der Waals surface area contributed by atoms with Crippen LogP contribution in [0.1, 0.15) is 0 Å². The molecule has 2 rings (SSSR count). The number of aliphatic imine (C=N–C) groups is 1. The third-order valence-corrected chi connectivity index (χ3v) is 4.07. The number of aliphatic hydroxyl groups is 2. The van der Waals surface area contributed by atoms with E-state index in [1.54, 1.807) is 0 Å². The number of thioether (sulfide) groups is 1. The van der Waals surface area contributed by atoms with Gasteiger partial charge in [-0.15, -0.1) is 0 Å². The van der Waals surface area contributed by atoms with Crippen molar-refractivity contribution in [2.75, 3.05) is 13.7 Å². The van der Waals surface area contributed by atoms with Crippen LogP contribution in [0.5, 0.6) is 0 Å². The molecule has 2 aliphatic heterocycles. The lowest BCUT2D eigenvalue weighted by Gasteiger charge is -2.36. The molecule has 0 aromatic rings. The molecule has 0 saturated carbocycles. The maximum atomic E-state index is 13.9. The molecule has 0 radical (unpaired) electrons. The lowest BCUT2D eigenvalue weighted by molar-refractivity contribution is -0.144. The van der Waals surface area contributed by atoms with E-state index in [2.05, 4.69) is 4.99 Å². The normalized spacial score (nSPS) is 39.1. The molecule has 0 aromatic carbocycles. The average molecular weight is 280 g/mol. The Kier molecular flexibility index (Phi) is 3.76. The molecular weight excluding hydrogens is 267 g/mol. The van der Waals surface area contributed by atoms with Crippen molar-refractivity contribution in [3.05, 3.63) is 0 Å². The van der Waals surface area contributed by atoms with Crippen molar-refractivity contribution < 1.29 is 29.2 Å². The quantitative estimate of drug-likeness (QED) is 0.597. The third-order valence-electron chi connectivity index (χ3n) is 2.86. The Morgan fingerprint density at radius 2 is 2.33 bits per heavy atom. The van der Waals surface area contributed by atoms with Gasteiger partial charge < -0.3 is 20.1 Å². The largest absolute Gasteiger partial charge is 0.465 e. The number of aliphatic hydroxyl groups excluding tert-OH is 2. The van der Waals surface area contributed by atoms with E-state index < -0.39 is 42.6 Å². The lowest BCUT2D eigenvalue weighted by Crippen LogP contribution is -2.53. The summed E-state index contributed by atoms with van der Waals surface area (Å²) in [7, 11) is 1.29. The Morgan fingerprint density at radius 1 is 1.67 bits per heavy atom. The average Bonchev–Trinajstić information content (AvgIpc) is 2.76. The summed E-state index contributed by atoms with van der Waals surface area (Å²) in [5.74, 6) is 0. The molecule has 0 aromatic heterocycles. The van der Waals surface area contributed by atoms with E-state index in [0.29, 0.717) is 0 Å². The molecule has 0 spiro atoms. The van der Waals surface area contributed by atoms with Crippen molar-refractivity contribution in [1.82, 2.24) is 4.90 Å². The molecule has 2 heterocycles. The van der Waals surface area contributed by atoms with Gasteiger partial charge in [0.15, 0.2) is 11.3 Å². The van der Waals surface area contributed by atoms with Crippen LogP contribution in [0, 0.1) is 0 Å². The fourth-order valence-electron chi connectivity index (χ4n) is 1.78. The van der Waals surface area contributed by atoms with Crippen molar-refractivity contribution in [3.63, 3.8) is 0 Å². The molecular formula is C9H13FN2O5S. The summed E-state index contributed by atoms with van der Waals surface area (Å²) >= 11 is 0.967. The first kappa shape index (κ1) is 13.5. The van der Waals surface area contributed by atoms with Gasteiger partial charge in [-0.2, -0.15) is 0 Å². The summed E-state index contributed by atoms with van der Waals surface area (Å²) in [6.07, 6.45) is -5.38. The predicted molar refractivity (Wildman–Crippen MR) is 61.3 cm³/mol. The van der Waals surface area contributed by atoms with Gasteiger partial charge in [0.05, 0.1) is 6.61 Å². The van der Waals surface area contributed by atoms with Crippen LogP contribution in [0.15, 0.2) is 4.99 Å². The second kappa shape index (κ2) is 5.00. The van der Waals surface area contributed by atoms with E-state index in [-0.39, 0.29) is 5.17 Å².